The van der Waals surface area contributed by atoms with Gasteiger partial charge in [-0.1, -0.05) is 13.8 Å². The van der Waals surface area contributed by atoms with Gasteiger partial charge in [-0.2, -0.15) is 0 Å². The van der Waals surface area contributed by atoms with E-state index in [1.807, 2.05) is 6.92 Å². The van der Waals surface area contributed by atoms with E-state index in [2.05, 4.69) is 25.8 Å². The van der Waals surface area contributed by atoms with Crippen LogP contribution in [-0.2, 0) is 0 Å². The van der Waals surface area contributed by atoms with Crippen LogP contribution in [0.1, 0.15) is 40.5 Å². The summed E-state index contributed by atoms with van der Waals surface area (Å²) in [5.74, 6) is 0.686. The van der Waals surface area contributed by atoms with E-state index < -0.39 is 0 Å². The second-order valence-electron chi connectivity index (χ2n) is 2.96. The fourth-order valence-corrected chi connectivity index (χ4v) is 0.834. The number of hydrogen-bond acceptors (Lipinski definition) is 1. The highest BCUT2D eigenvalue weighted by Crippen LogP contribution is 2.18. The lowest BCUT2D eigenvalue weighted by Crippen LogP contribution is -2.23. The highest BCUT2D eigenvalue weighted by atomic mass is 14.9. The van der Waals surface area contributed by atoms with Crippen molar-refractivity contribution in [2.45, 2.75) is 46.1 Å². The molecule has 0 saturated heterocycles. The van der Waals surface area contributed by atoms with Crippen molar-refractivity contribution in [1.29, 1.82) is 0 Å². The third kappa shape index (κ3) is 2.85. The summed E-state index contributed by atoms with van der Waals surface area (Å²) in [5.41, 5.74) is 5.55. The molecular weight excluding hydrogens is 124 g/mol. The van der Waals surface area contributed by atoms with Gasteiger partial charge in [0.25, 0.3) is 0 Å². The maximum Gasteiger partial charge on any atom is 0.0912 e. The van der Waals surface area contributed by atoms with Gasteiger partial charge in [0.05, 0.1) is 11.4 Å². The van der Waals surface area contributed by atoms with Crippen LogP contribution >= 0.6 is 0 Å². The Hall–Kier alpha value is -0.530. The summed E-state index contributed by atoms with van der Waals surface area (Å²) in [4.78, 5) is 4.34. The molecule has 0 aliphatic rings. The van der Waals surface area contributed by atoms with Crippen LogP contribution in [0.3, 0.4) is 0 Å². The van der Waals surface area contributed by atoms with Gasteiger partial charge in [0.15, 0.2) is 0 Å². The molecule has 2 heteroatoms. The second kappa shape index (κ2) is 3.59. The molecule has 0 aromatic rings. The molecule has 60 valence electrons. The fraction of sp³-hybridized carbons (Fsp3) is 0.875. The Bertz CT molecular complexity index is 119. The molecule has 0 aromatic carbocycles. The van der Waals surface area contributed by atoms with Gasteiger partial charge in [0.2, 0.25) is 0 Å². The second-order valence-corrected chi connectivity index (χ2v) is 2.96. The molecule has 0 saturated carbocycles. The van der Waals surface area contributed by atoms with E-state index in [1.54, 1.807) is 0 Å². The summed E-state index contributed by atoms with van der Waals surface area (Å²) in [7, 11) is 0. The zero-order chi connectivity index (χ0) is 8.20. The summed E-state index contributed by atoms with van der Waals surface area (Å²) >= 11 is 0. The molecular formula is C8H18N2. The number of nitrogens with two attached hydrogens (primary N) is 1. The highest BCUT2D eigenvalue weighted by molar-refractivity contribution is 5.77. The Morgan fingerprint density at radius 3 is 1.90 bits per heavy atom. The van der Waals surface area contributed by atoms with E-state index in [0.717, 1.165) is 12.8 Å². The number of aliphatic imine (C=N–C) groups is 1. The van der Waals surface area contributed by atoms with Crippen LogP contribution in [0.4, 0.5) is 0 Å². The first-order chi connectivity index (χ1) is 4.54. The lowest BCUT2D eigenvalue weighted by atomic mass is 9.97. The lowest BCUT2D eigenvalue weighted by Gasteiger charge is -2.21. The first-order valence-electron chi connectivity index (χ1n) is 3.86. The Morgan fingerprint density at radius 1 is 1.40 bits per heavy atom. The maximum absolute atomic E-state index is 5.48. The van der Waals surface area contributed by atoms with Gasteiger partial charge in [-0.25, -0.2) is 0 Å². The average Bonchev–Trinajstić information content (AvgIpc) is 1.87. The standard InChI is InChI=1S/C8H18N2/c1-5-8(4,6-2)10-7(3)9/h5-6H2,1-4H3,(H2,9,10). The molecule has 10 heavy (non-hydrogen) atoms. The topological polar surface area (TPSA) is 38.4 Å². The van der Waals surface area contributed by atoms with Crippen LogP contribution in [0.5, 0.6) is 0 Å². The predicted molar refractivity (Wildman–Crippen MR) is 46.3 cm³/mol. The minimum atomic E-state index is 0.0683. The zero-order valence-corrected chi connectivity index (χ0v) is 7.44. The Morgan fingerprint density at radius 2 is 1.80 bits per heavy atom. The molecule has 0 amide bonds. The van der Waals surface area contributed by atoms with E-state index in [9.17, 15) is 0 Å². The third-order valence-electron chi connectivity index (χ3n) is 1.97. The van der Waals surface area contributed by atoms with E-state index >= 15 is 0 Å². The lowest BCUT2D eigenvalue weighted by molar-refractivity contribution is 0.440. The smallest absolute Gasteiger partial charge is 0.0912 e. The predicted octanol–water partition coefficient (Wildman–Crippen LogP) is 1.94. The quantitative estimate of drug-likeness (QED) is 0.474. The van der Waals surface area contributed by atoms with E-state index in [0.29, 0.717) is 5.84 Å². The SMILES string of the molecule is CCC(C)(CC)N=C(C)N. The minimum absolute atomic E-state index is 0.0683. The molecule has 0 aliphatic carbocycles. The number of hydrogen-bond donors (Lipinski definition) is 1. The van der Waals surface area contributed by atoms with Crippen molar-refractivity contribution >= 4 is 5.84 Å². The zero-order valence-electron chi connectivity index (χ0n) is 7.44. The van der Waals surface area contributed by atoms with Crippen molar-refractivity contribution in [2.75, 3.05) is 0 Å². The fourth-order valence-electron chi connectivity index (χ4n) is 0.834. The largest absolute Gasteiger partial charge is 0.388 e. The normalized spacial score (nSPS) is 13.8. The highest BCUT2D eigenvalue weighted by Gasteiger charge is 2.16. The van der Waals surface area contributed by atoms with Crippen LogP contribution < -0.4 is 5.73 Å². The van der Waals surface area contributed by atoms with Crippen molar-refractivity contribution in [1.82, 2.24) is 0 Å². The molecule has 0 aromatic heterocycles. The van der Waals surface area contributed by atoms with Gasteiger partial charge in [-0.05, 0) is 26.7 Å². The summed E-state index contributed by atoms with van der Waals surface area (Å²) < 4.78 is 0. The molecule has 0 heterocycles. The average molecular weight is 142 g/mol. The first-order valence-corrected chi connectivity index (χ1v) is 3.86. The molecule has 0 rings (SSSR count). The van der Waals surface area contributed by atoms with E-state index in [-0.39, 0.29) is 5.54 Å². The van der Waals surface area contributed by atoms with Crippen molar-refractivity contribution in [3.05, 3.63) is 0 Å². The van der Waals surface area contributed by atoms with Gasteiger partial charge in [0.1, 0.15) is 0 Å². The summed E-state index contributed by atoms with van der Waals surface area (Å²) in [6, 6.07) is 0. The Labute approximate surface area is 63.5 Å². The van der Waals surface area contributed by atoms with Gasteiger partial charge in [-0.15, -0.1) is 0 Å². The van der Waals surface area contributed by atoms with Crippen LogP contribution in [0.2, 0.25) is 0 Å². The Balaban J connectivity index is 4.20. The van der Waals surface area contributed by atoms with Gasteiger partial charge >= 0.3 is 0 Å². The molecule has 0 unspecified atom stereocenters. The van der Waals surface area contributed by atoms with Gasteiger partial charge in [0, 0.05) is 0 Å². The van der Waals surface area contributed by atoms with Crippen molar-refractivity contribution in [3.63, 3.8) is 0 Å². The molecule has 2 N–H and O–H groups in total. The minimum Gasteiger partial charge on any atom is -0.388 e. The third-order valence-corrected chi connectivity index (χ3v) is 1.97. The van der Waals surface area contributed by atoms with Crippen LogP contribution in [0.15, 0.2) is 4.99 Å². The summed E-state index contributed by atoms with van der Waals surface area (Å²) in [6.45, 7) is 8.23. The number of amidine groups is 1. The molecule has 2 nitrogen and oxygen atoms in total. The van der Waals surface area contributed by atoms with Crippen LogP contribution in [-0.4, -0.2) is 11.4 Å². The molecule has 0 spiro atoms. The van der Waals surface area contributed by atoms with Crippen LogP contribution in [0.25, 0.3) is 0 Å². The number of rotatable bonds is 3. The number of nitrogens with zero attached hydrogens (tertiary/aromatic N) is 1. The van der Waals surface area contributed by atoms with Crippen molar-refractivity contribution in [2.24, 2.45) is 10.7 Å². The maximum atomic E-state index is 5.48. The Kier molecular flexibility index (Phi) is 3.40. The van der Waals surface area contributed by atoms with Crippen LogP contribution in [0, 0.1) is 0 Å². The summed E-state index contributed by atoms with van der Waals surface area (Å²) in [5, 5.41) is 0. The molecule has 0 fully saturated rings. The monoisotopic (exact) mass is 142 g/mol. The van der Waals surface area contributed by atoms with Gasteiger partial charge in [-0.3, -0.25) is 4.99 Å². The van der Waals surface area contributed by atoms with E-state index in [4.69, 9.17) is 5.73 Å². The molecule has 0 bridgehead atoms. The first kappa shape index (κ1) is 9.47. The van der Waals surface area contributed by atoms with Gasteiger partial charge < -0.3 is 5.73 Å². The molecule has 0 radical (unpaired) electrons. The summed E-state index contributed by atoms with van der Waals surface area (Å²) in [6.07, 6.45) is 2.11. The van der Waals surface area contributed by atoms with Crippen molar-refractivity contribution in [3.8, 4) is 0 Å². The van der Waals surface area contributed by atoms with Crippen molar-refractivity contribution < 1.29 is 0 Å². The molecule has 0 aliphatic heterocycles. The van der Waals surface area contributed by atoms with E-state index in [1.165, 1.54) is 0 Å². The molecule has 0 atom stereocenters.